The van der Waals surface area contributed by atoms with Crippen LogP contribution < -0.4 is 10.1 Å². The van der Waals surface area contributed by atoms with Gasteiger partial charge in [0.2, 0.25) is 0 Å². The molecule has 20 heavy (non-hydrogen) atoms. The first-order valence-corrected chi connectivity index (χ1v) is 7.31. The number of nitrogens with one attached hydrogen (secondary N) is 1. The van der Waals surface area contributed by atoms with Crippen molar-refractivity contribution in [3.63, 3.8) is 0 Å². The van der Waals surface area contributed by atoms with Crippen molar-refractivity contribution in [3.8, 4) is 16.9 Å². The molecular weight excluding hydrogens is 270 g/mol. The van der Waals surface area contributed by atoms with E-state index in [1.165, 1.54) is 18.4 Å². The fourth-order valence-corrected chi connectivity index (χ4v) is 2.62. The van der Waals surface area contributed by atoms with Gasteiger partial charge in [0.25, 0.3) is 0 Å². The van der Waals surface area contributed by atoms with Gasteiger partial charge in [0.05, 0.1) is 12.1 Å². The molecule has 104 valence electrons. The van der Waals surface area contributed by atoms with Crippen LogP contribution in [0.15, 0.2) is 42.5 Å². The Labute approximate surface area is 124 Å². The van der Waals surface area contributed by atoms with Crippen molar-refractivity contribution in [3.05, 3.63) is 53.1 Å². The van der Waals surface area contributed by atoms with Gasteiger partial charge in [-0.2, -0.15) is 0 Å². The van der Waals surface area contributed by atoms with E-state index < -0.39 is 0 Å². The molecule has 2 aromatic carbocycles. The van der Waals surface area contributed by atoms with Crippen LogP contribution in [0.5, 0.6) is 5.75 Å². The predicted molar refractivity (Wildman–Crippen MR) is 83.3 cm³/mol. The molecule has 1 N–H and O–H groups in total. The maximum absolute atomic E-state index is 6.34. The molecule has 0 aromatic heterocycles. The topological polar surface area (TPSA) is 21.3 Å². The van der Waals surface area contributed by atoms with Crippen LogP contribution in [0.1, 0.15) is 18.4 Å². The van der Waals surface area contributed by atoms with E-state index in [1.54, 1.807) is 7.11 Å². The van der Waals surface area contributed by atoms with Gasteiger partial charge in [0.1, 0.15) is 5.75 Å². The summed E-state index contributed by atoms with van der Waals surface area (Å²) in [5.41, 5.74) is 3.34. The third-order valence-corrected chi connectivity index (χ3v) is 3.90. The summed E-state index contributed by atoms with van der Waals surface area (Å²) in [6.45, 7) is 0.908. The minimum Gasteiger partial charge on any atom is -0.496 e. The Balaban J connectivity index is 1.91. The van der Waals surface area contributed by atoms with Crippen LogP contribution in [0.25, 0.3) is 11.1 Å². The Morgan fingerprint density at radius 3 is 2.75 bits per heavy atom. The van der Waals surface area contributed by atoms with E-state index in [0.29, 0.717) is 6.04 Å². The molecule has 3 rings (SSSR count). The van der Waals surface area contributed by atoms with Crippen molar-refractivity contribution in [2.75, 3.05) is 7.11 Å². The maximum atomic E-state index is 6.34. The average molecular weight is 288 g/mol. The summed E-state index contributed by atoms with van der Waals surface area (Å²) < 4.78 is 5.43. The van der Waals surface area contributed by atoms with E-state index in [-0.39, 0.29) is 0 Å². The van der Waals surface area contributed by atoms with E-state index in [4.69, 9.17) is 16.3 Å². The van der Waals surface area contributed by atoms with Gasteiger partial charge in [0.15, 0.2) is 0 Å². The van der Waals surface area contributed by atoms with E-state index >= 15 is 0 Å². The molecule has 0 spiro atoms. The summed E-state index contributed by atoms with van der Waals surface area (Å²) in [4.78, 5) is 0. The number of hydrogen-bond donors (Lipinski definition) is 1. The van der Waals surface area contributed by atoms with Gasteiger partial charge in [-0.3, -0.25) is 0 Å². The lowest BCUT2D eigenvalue weighted by Crippen LogP contribution is -2.15. The fraction of sp³-hybridized carbons (Fsp3) is 0.294. The molecule has 1 aliphatic rings. The number of methoxy groups -OCH3 is 1. The highest BCUT2D eigenvalue weighted by Gasteiger charge is 2.20. The number of benzene rings is 2. The van der Waals surface area contributed by atoms with Crippen molar-refractivity contribution in [1.29, 1.82) is 0 Å². The van der Waals surface area contributed by atoms with Crippen molar-refractivity contribution >= 4 is 11.6 Å². The monoisotopic (exact) mass is 287 g/mol. The van der Waals surface area contributed by atoms with Crippen LogP contribution in [-0.4, -0.2) is 13.2 Å². The molecule has 0 bridgehead atoms. The first-order valence-electron chi connectivity index (χ1n) is 6.93. The lowest BCUT2D eigenvalue weighted by molar-refractivity contribution is 0.416. The molecular formula is C17H18ClNO. The normalized spacial score (nSPS) is 14.3. The number of rotatable bonds is 5. The molecule has 1 saturated carbocycles. The number of hydrogen-bond acceptors (Lipinski definition) is 2. The van der Waals surface area contributed by atoms with E-state index in [0.717, 1.165) is 28.4 Å². The molecule has 0 aliphatic heterocycles. The zero-order valence-electron chi connectivity index (χ0n) is 11.5. The number of ether oxygens (including phenoxy) is 1. The van der Waals surface area contributed by atoms with Crippen LogP contribution in [0.4, 0.5) is 0 Å². The highest BCUT2D eigenvalue weighted by atomic mass is 35.5. The van der Waals surface area contributed by atoms with Gasteiger partial charge in [-0.15, -0.1) is 0 Å². The third kappa shape index (κ3) is 2.97. The first kappa shape index (κ1) is 13.5. The highest BCUT2D eigenvalue weighted by Crippen LogP contribution is 2.36. The van der Waals surface area contributed by atoms with E-state index in [2.05, 4.69) is 29.6 Å². The molecule has 1 aliphatic carbocycles. The fourth-order valence-electron chi connectivity index (χ4n) is 2.34. The van der Waals surface area contributed by atoms with Crippen LogP contribution in [0.3, 0.4) is 0 Å². The first-order chi connectivity index (χ1) is 9.78. The third-order valence-electron chi connectivity index (χ3n) is 3.58. The minimum atomic E-state index is 0.716. The SMILES string of the molecule is COc1cccc(Cl)c1-c1cccc(CNC2CC2)c1. The lowest BCUT2D eigenvalue weighted by atomic mass is 10.0. The quantitative estimate of drug-likeness (QED) is 0.887. The molecule has 0 radical (unpaired) electrons. The molecule has 0 unspecified atom stereocenters. The van der Waals surface area contributed by atoms with E-state index in [9.17, 15) is 0 Å². The van der Waals surface area contributed by atoms with Crippen molar-refractivity contribution in [1.82, 2.24) is 5.32 Å². The molecule has 0 heterocycles. The second kappa shape index (κ2) is 5.86. The summed E-state index contributed by atoms with van der Waals surface area (Å²) in [5.74, 6) is 0.810. The molecule has 0 atom stereocenters. The highest BCUT2D eigenvalue weighted by molar-refractivity contribution is 6.33. The molecule has 2 nitrogen and oxygen atoms in total. The zero-order valence-corrected chi connectivity index (χ0v) is 12.3. The molecule has 3 heteroatoms. The van der Waals surface area contributed by atoms with Crippen LogP contribution in [0, 0.1) is 0 Å². The second-order valence-corrected chi connectivity index (χ2v) is 5.58. The molecule has 0 amide bonds. The van der Waals surface area contributed by atoms with Crippen LogP contribution >= 0.6 is 11.6 Å². The van der Waals surface area contributed by atoms with Gasteiger partial charge >= 0.3 is 0 Å². The Morgan fingerprint density at radius 2 is 2.00 bits per heavy atom. The second-order valence-electron chi connectivity index (χ2n) is 5.17. The molecule has 0 saturated heterocycles. The number of halogens is 1. The Bertz CT molecular complexity index is 608. The summed E-state index contributed by atoms with van der Waals surface area (Å²) >= 11 is 6.34. The maximum Gasteiger partial charge on any atom is 0.128 e. The van der Waals surface area contributed by atoms with Gasteiger partial charge in [-0.25, -0.2) is 0 Å². The van der Waals surface area contributed by atoms with Crippen molar-refractivity contribution in [2.45, 2.75) is 25.4 Å². The smallest absolute Gasteiger partial charge is 0.128 e. The van der Waals surface area contributed by atoms with Crippen LogP contribution in [-0.2, 0) is 6.54 Å². The summed E-state index contributed by atoms with van der Waals surface area (Å²) in [6.07, 6.45) is 2.61. The lowest BCUT2D eigenvalue weighted by Gasteiger charge is -2.12. The zero-order chi connectivity index (χ0) is 13.9. The Kier molecular flexibility index (Phi) is 3.95. The molecule has 2 aromatic rings. The van der Waals surface area contributed by atoms with Crippen molar-refractivity contribution < 1.29 is 4.74 Å². The standard InChI is InChI=1S/C17H18ClNO/c1-20-16-7-3-6-15(18)17(16)13-5-2-4-12(10-13)11-19-14-8-9-14/h2-7,10,14,19H,8-9,11H2,1H3. The van der Waals surface area contributed by atoms with E-state index in [1.807, 2.05) is 18.2 Å². The van der Waals surface area contributed by atoms with Gasteiger partial charge < -0.3 is 10.1 Å². The molecule has 1 fully saturated rings. The van der Waals surface area contributed by atoms with Crippen LogP contribution in [0.2, 0.25) is 5.02 Å². The minimum absolute atomic E-state index is 0.716. The summed E-state index contributed by atoms with van der Waals surface area (Å²) in [5, 5.41) is 4.25. The van der Waals surface area contributed by atoms with Gasteiger partial charge in [-0.1, -0.05) is 35.9 Å². The predicted octanol–water partition coefficient (Wildman–Crippen LogP) is 4.27. The Hall–Kier alpha value is -1.51. The Morgan fingerprint density at radius 1 is 1.20 bits per heavy atom. The summed E-state index contributed by atoms with van der Waals surface area (Å²) in [6, 6.07) is 14.9. The van der Waals surface area contributed by atoms with Crippen molar-refractivity contribution in [2.24, 2.45) is 0 Å². The average Bonchev–Trinajstić information content (AvgIpc) is 3.29. The largest absolute Gasteiger partial charge is 0.496 e. The van der Waals surface area contributed by atoms with Gasteiger partial charge in [-0.05, 0) is 42.2 Å². The summed E-state index contributed by atoms with van der Waals surface area (Å²) in [7, 11) is 1.67. The van der Waals surface area contributed by atoms with Gasteiger partial charge in [0, 0.05) is 18.2 Å².